The summed E-state index contributed by atoms with van der Waals surface area (Å²) in [4.78, 5) is 12.4. The number of ether oxygens (including phenoxy) is 2. The zero-order valence-corrected chi connectivity index (χ0v) is 14.4. The lowest BCUT2D eigenvalue weighted by molar-refractivity contribution is -0.153. The molecule has 2 atom stereocenters. The highest BCUT2D eigenvalue weighted by Crippen LogP contribution is 2.47. The van der Waals surface area contributed by atoms with E-state index in [2.05, 4.69) is 6.07 Å². The molecule has 4 heteroatoms. The first kappa shape index (κ1) is 17.5. The minimum atomic E-state index is -0.826. The van der Waals surface area contributed by atoms with Crippen LogP contribution in [0.4, 0.5) is 0 Å². The van der Waals surface area contributed by atoms with Crippen molar-refractivity contribution in [1.82, 2.24) is 0 Å². The second kappa shape index (κ2) is 6.72. The van der Waals surface area contributed by atoms with Gasteiger partial charge in [-0.25, -0.2) is 0 Å². The monoisotopic (exact) mass is 315 g/mol. The van der Waals surface area contributed by atoms with Crippen molar-refractivity contribution in [2.24, 2.45) is 5.92 Å². The van der Waals surface area contributed by atoms with Gasteiger partial charge in [0.2, 0.25) is 0 Å². The highest BCUT2D eigenvalue weighted by molar-refractivity contribution is 5.77. The molecular weight excluding hydrogens is 290 g/mol. The molecule has 0 amide bonds. The molecule has 0 radical (unpaired) electrons. The zero-order valence-electron chi connectivity index (χ0n) is 14.4. The summed E-state index contributed by atoms with van der Waals surface area (Å²) in [5.41, 5.74) is 1.21. The van der Waals surface area contributed by atoms with E-state index < -0.39 is 17.3 Å². The van der Waals surface area contributed by atoms with Crippen molar-refractivity contribution in [3.8, 4) is 6.07 Å². The molecule has 0 bridgehead atoms. The molecule has 1 aliphatic rings. The lowest BCUT2D eigenvalue weighted by atomic mass is 9.62. The van der Waals surface area contributed by atoms with E-state index in [0.717, 1.165) is 11.1 Å². The molecule has 1 fully saturated rings. The van der Waals surface area contributed by atoms with Gasteiger partial charge in [-0.2, -0.15) is 5.26 Å². The molecule has 0 aromatic heterocycles. The van der Waals surface area contributed by atoms with Gasteiger partial charge in [-0.05, 0) is 46.1 Å². The molecule has 0 spiro atoms. The lowest BCUT2D eigenvalue weighted by Crippen LogP contribution is -2.50. The molecule has 2 unspecified atom stereocenters. The van der Waals surface area contributed by atoms with Crippen LogP contribution in [0, 0.1) is 24.2 Å². The number of nitriles is 1. The maximum absolute atomic E-state index is 12.4. The quantitative estimate of drug-likeness (QED) is 0.798. The molecule has 4 nitrogen and oxygen atoms in total. The van der Waals surface area contributed by atoms with E-state index in [1.807, 2.05) is 45.0 Å². The molecule has 0 aliphatic carbocycles. The van der Waals surface area contributed by atoms with E-state index in [0.29, 0.717) is 19.4 Å². The molecule has 124 valence electrons. The fourth-order valence-corrected chi connectivity index (χ4v) is 3.58. The average Bonchev–Trinajstić information content (AvgIpc) is 2.47. The minimum Gasteiger partial charge on any atom is -0.465 e. The third-order valence-corrected chi connectivity index (χ3v) is 4.61. The Labute approximate surface area is 138 Å². The number of hydrogen-bond acceptors (Lipinski definition) is 4. The summed E-state index contributed by atoms with van der Waals surface area (Å²) in [5.74, 6) is -1.26. The highest BCUT2D eigenvalue weighted by Gasteiger charge is 2.51. The first-order valence-corrected chi connectivity index (χ1v) is 8.12. The summed E-state index contributed by atoms with van der Waals surface area (Å²) < 4.78 is 11.0. The number of benzene rings is 1. The van der Waals surface area contributed by atoms with Crippen LogP contribution < -0.4 is 0 Å². The van der Waals surface area contributed by atoms with Crippen molar-refractivity contribution in [2.45, 2.75) is 51.6 Å². The molecule has 1 aliphatic heterocycles. The molecule has 23 heavy (non-hydrogen) atoms. The van der Waals surface area contributed by atoms with Crippen LogP contribution in [0.5, 0.6) is 0 Å². The maximum atomic E-state index is 12.4. The predicted octanol–water partition coefficient (Wildman–Crippen LogP) is 3.52. The molecular formula is C19H25NO3. The third-order valence-electron chi connectivity index (χ3n) is 4.61. The summed E-state index contributed by atoms with van der Waals surface area (Å²) in [6, 6.07) is 10.3. The molecule has 1 heterocycles. The summed E-state index contributed by atoms with van der Waals surface area (Å²) in [7, 11) is 0. The van der Waals surface area contributed by atoms with Gasteiger partial charge in [0.25, 0.3) is 0 Å². The van der Waals surface area contributed by atoms with Crippen LogP contribution in [0.15, 0.2) is 24.3 Å². The van der Waals surface area contributed by atoms with Crippen LogP contribution in [0.1, 0.15) is 44.7 Å². The van der Waals surface area contributed by atoms with Crippen LogP contribution in [0.3, 0.4) is 0 Å². The Morgan fingerprint density at radius 3 is 2.57 bits per heavy atom. The largest absolute Gasteiger partial charge is 0.465 e. The zero-order chi connectivity index (χ0) is 17.1. The molecule has 1 aromatic carbocycles. The Balaban J connectivity index is 2.52. The number of hydrogen-bond donors (Lipinski definition) is 0. The molecule has 2 rings (SSSR count). The van der Waals surface area contributed by atoms with Crippen molar-refractivity contribution in [1.29, 1.82) is 5.26 Å². The second-order valence-electron chi connectivity index (χ2n) is 6.87. The van der Waals surface area contributed by atoms with Crippen LogP contribution in [0.25, 0.3) is 0 Å². The Hall–Kier alpha value is -1.86. The number of nitrogens with zero attached hydrogens (tertiary/aromatic N) is 1. The molecule has 0 N–H and O–H groups in total. The van der Waals surface area contributed by atoms with Gasteiger partial charge in [0, 0.05) is 12.0 Å². The minimum absolute atomic E-state index is 0.279. The van der Waals surface area contributed by atoms with Crippen molar-refractivity contribution in [3.05, 3.63) is 35.4 Å². The van der Waals surface area contributed by atoms with Crippen molar-refractivity contribution in [2.75, 3.05) is 13.2 Å². The number of carbonyl (C=O) groups is 1. The number of aryl methyl sites for hydroxylation is 1. The van der Waals surface area contributed by atoms with Crippen molar-refractivity contribution >= 4 is 5.97 Å². The maximum Gasteiger partial charge on any atom is 0.324 e. The Morgan fingerprint density at radius 1 is 1.39 bits per heavy atom. The molecule has 1 aromatic rings. The van der Waals surface area contributed by atoms with Crippen molar-refractivity contribution in [3.63, 3.8) is 0 Å². The van der Waals surface area contributed by atoms with Gasteiger partial charge in [0.1, 0.15) is 0 Å². The Morgan fingerprint density at radius 2 is 2.04 bits per heavy atom. The number of esters is 1. The van der Waals surface area contributed by atoms with E-state index in [4.69, 9.17) is 9.47 Å². The summed E-state index contributed by atoms with van der Waals surface area (Å²) in [6.07, 6.45) is 1.25. The van der Waals surface area contributed by atoms with Crippen molar-refractivity contribution < 1.29 is 14.3 Å². The fraction of sp³-hybridized carbons (Fsp3) is 0.579. The smallest absolute Gasteiger partial charge is 0.324 e. The van der Waals surface area contributed by atoms with E-state index >= 15 is 0 Å². The van der Waals surface area contributed by atoms with Crippen LogP contribution in [-0.2, 0) is 19.7 Å². The molecule has 0 saturated carbocycles. The topological polar surface area (TPSA) is 59.3 Å². The number of carbonyl (C=O) groups excluding carboxylic acids is 1. The van der Waals surface area contributed by atoms with Gasteiger partial charge in [-0.15, -0.1) is 0 Å². The van der Waals surface area contributed by atoms with E-state index in [9.17, 15) is 10.1 Å². The van der Waals surface area contributed by atoms with E-state index in [-0.39, 0.29) is 12.2 Å². The van der Waals surface area contributed by atoms with E-state index in [1.54, 1.807) is 6.92 Å². The van der Waals surface area contributed by atoms with Gasteiger partial charge >= 0.3 is 5.97 Å². The van der Waals surface area contributed by atoms with Crippen LogP contribution >= 0.6 is 0 Å². The first-order chi connectivity index (χ1) is 10.8. The van der Waals surface area contributed by atoms with Gasteiger partial charge in [-0.1, -0.05) is 29.8 Å². The summed E-state index contributed by atoms with van der Waals surface area (Å²) in [6.45, 7) is 8.61. The van der Waals surface area contributed by atoms with Gasteiger partial charge in [0.15, 0.2) is 5.92 Å². The second-order valence-corrected chi connectivity index (χ2v) is 6.87. The summed E-state index contributed by atoms with van der Waals surface area (Å²) >= 11 is 0. The van der Waals surface area contributed by atoms with Gasteiger partial charge < -0.3 is 9.47 Å². The third kappa shape index (κ3) is 3.56. The summed E-state index contributed by atoms with van der Waals surface area (Å²) in [5, 5.41) is 9.74. The average molecular weight is 315 g/mol. The van der Waals surface area contributed by atoms with Gasteiger partial charge in [0.05, 0.1) is 18.3 Å². The number of rotatable bonds is 4. The standard InChI is InChI=1S/C19H25NO3/c1-5-22-17(21)16(12-20)19(10-11-23-18(3,4)13-19)15-8-6-14(2)7-9-15/h6-9,16H,5,10-11,13H2,1-4H3. The lowest BCUT2D eigenvalue weighted by Gasteiger charge is -2.46. The fourth-order valence-electron chi connectivity index (χ4n) is 3.58. The predicted molar refractivity (Wildman–Crippen MR) is 87.9 cm³/mol. The van der Waals surface area contributed by atoms with E-state index in [1.165, 1.54) is 0 Å². The van der Waals surface area contributed by atoms with Crippen LogP contribution in [0.2, 0.25) is 0 Å². The normalized spacial score (nSPS) is 24.5. The SMILES string of the molecule is CCOC(=O)C(C#N)C1(c2ccc(C)cc2)CCOC(C)(C)C1. The highest BCUT2D eigenvalue weighted by atomic mass is 16.5. The molecule has 1 saturated heterocycles. The van der Waals surface area contributed by atoms with Gasteiger partial charge in [-0.3, -0.25) is 4.79 Å². The first-order valence-electron chi connectivity index (χ1n) is 8.12. The van der Waals surface area contributed by atoms with Crippen LogP contribution in [-0.4, -0.2) is 24.8 Å². The Bertz CT molecular complexity index is 600. The Kier molecular flexibility index (Phi) is 5.11.